The second-order valence-electron chi connectivity index (χ2n) is 2.10. The minimum atomic E-state index is -0.367. The first-order chi connectivity index (χ1) is 5.74. The molecule has 0 spiro atoms. The van der Waals surface area contributed by atoms with E-state index in [9.17, 15) is 4.79 Å². The van der Waals surface area contributed by atoms with Gasteiger partial charge in [-0.15, -0.1) is 0 Å². The highest BCUT2D eigenvalue weighted by molar-refractivity contribution is 14.1. The van der Waals surface area contributed by atoms with Crippen molar-refractivity contribution in [1.82, 2.24) is 5.48 Å². The lowest BCUT2D eigenvalue weighted by Gasteiger charge is -2.00. The van der Waals surface area contributed by atoms with E-state index < -0.39 is 0 Å². The molecule has 64 valence electrons. The highest BCUT2D eigenvalue weighted by atomic mass is 127. The van der Waals surface area contributed by atoms with Crippen LogP contribution >= 0.6 is 22.6 Å². The summed E-state index contributed by atoms with van der Waals surface area (Å²) >= 11 is 2.17. The summed E-state index contributed by atoms with van der Waals surface area (Å²) in [5.41, 5.74) is 2.88. The van der Waals surface area contributed by atoms with Crippen molar-refractivity contribution >= 4 is 28.6 Å². The van der Waals surface area contributed by atoms with Gasteiger partial charge in [0, 0.05) is 10.6 Å². The van der Waals surface area contributed by atoms with E-state index in [4.69, 9.17) is 0 Å². The Labute approximate surface area is 84.2 Å². The van der Waals surface area contributed by atoms with Crippen LogP contribution in [0.1, 0.15) is 10.4 Å². The maximum absolute atomic E-state index is 11.1. The molecule has 4 heteroatoms. The molecule has 0 saturated heterocycles. The third-order valence-corrected chi connectivity index (χ3v) is 1.99. The summed E-state index contributed by atoms with van der Waals surface area (Å²) in [6, 6.07) is 7.16. The van der Waals surface area contributed by atoms with E-state index in [2.05, 4.69) is 32.9 Å². The number of hydrogen-bond acceptors (Lipinski definition) is 3. The van der Waals surface area contributed by atoms with Gasteiger partial charge in [0.05, 0.1) is 5.56 Å². The zero-order chi connectivity index (χ0) is 8.97. The summed E-state index contributed by atoms with van der Waals surface area (Å²) in [5, 5.41) is 0. The van der Waals surface area contributed by atoms with Gasteiger partial charge in [0.25, 0.3) is 0 Å². The van der Waals surface area contributed by atoms with E-state index in [1.54, 1.807) is 19.2 Å². The summed E-state index contributed by atoms with van der Waals surface area (Å²) in [6.45, 7) is 0. The number of benzene rings is 1. The molecule has 0 radical (unpaired) electrons. The van der Waals surface area contributed by atoms with Crippen LogP contribution in [-0.4, -0.2) is 13.0 Å². The molecule has 1 aromatic carbocycles. The SMILES string of the molecule is CNOC(=O)c1ccc(I)cc1. The van der Waals surface area contributed by atoms with Gasteiger partial charge in [-0.2, -0.15) is 5.48 Å². The van der Waals surface area contributed by atoms with Crippen molar-refractivity contribution in [2.24, 2.45) is 0 Å². The molecule has 3 nitrogen and oxygen atoms in total. The van der Waals surface area contributed by atoms with E-state index in [1.807, 2.05) is 12.1 Å². The average molecular weight is 277 g/mol. The number of carbonyl (C=O) groups is 1. The van der Waals surface area contributed by atoms with Gasteiger partial charge < -0.3 is 4.84 Å². The molecule has 0 atom stereocenters. The molecule has 0 aromatic heterocycles. The second-order valence-corrected chi connectivity index (χ2v) is 3.35. The molecule has 0 heterocycles. The van der Waals surface area contributed by atoms with Gasteiger partial charge in [-0.05, 0) is 46.9 Å². The molecule has 0 saturated carbocycles. The van der Waals surface area contributed by atoms with Crippen LogP contribution in [0.25, 0.3) is 0 Å². The minimum Gasteiger partial charge on any atom is -0.367 e. The Morgan fingerprint density at radius 2 is 2.00 bits per heavy atom. The molecule has 0 amide bonds. The van der Waals surface area contributed by atoms with Crippen LogP contribution in [-0.2, 0) is 4.84 Å². The lowest BCUT2D eigenvalue weighted by molar-refractivity contribution is 0.0310. The van der Waals surface area contributed by atoms with Crippen molar-refractivity contribution < 1.29 is 9.63 Å². The number of hydrogen-bond donors (Lipinski definition) is 1. The maximum Gasteiger partial charge on any atom is 0.356 e. The number of carbonyl (C=O) groups excluding carboxylic acids is 1. The predicted molar refractivity (Wildman–Crippen MR) is 53.6 cm³/mol. The average Bonchev–Trinajstić information content (AvgIpc) is 2.06. The summed E-state index contributed by atoms with van der Waals surface area (Å²) in [7, 11) is 1.55. The Morgan fingerprint density at radius 1 is 1.42 bits per heavy atom. The highest BCUT2D eigenvalue weighted by Gasteiger charge is 2.04. The molecule has 12 heavy (non-hydrogen) atoms. The summed E-state index contributed by atoms with van der Waals surface area (Å²) in [5.74, 6) is -0.367. The molecular weight excluding hydrogens is 269 g/mol. The Morgan fingerprint density at radius 3 is 2.50 bits per heavy atom. The standard InChI is InChI=1S/C8H8INO2/c1-10-12-8(11)6-2-4-7(9)5-3-6/h2-5,10H,1H3. The van der Waals surface area contributed by atoms with Crippen molar-refractivity contribution in [1.29, 1.82) is 0 Å². The molecule has 0 bridgehead atoms. The largest absolute Gasteiger partial charge is 0.367 e. The fourth-order valence-electron chi connectivity index (χ4n) is 0.738. The zero-order valence-corrected chi connectivity index (χ0v) is 8.66. The number of rotatable bonds is 2. The van der Waals surface area contributed by atoms with Crippen LogP contribution in [0.15, 0.2) is 24.3 Å². The Balaban J connectivity index is 2.75. The molecule has 0 aliphatic carbocycles. The number of hydroxylamine groups is 1. The first kappa shape index (κ1) is 9.47. The fraction of sp³-hybridized carbons (Fsp3) is 0.125. The molecule has 0 fully saturated rings. The Kier molecular flexibility index (Phi) is 3.48. The van der Waals surface area contributed by atoms with Gasteiger partial charge in [-0.3, -0.25) is 0 Å². The zero-order valence-electron chi connectivity index (χ0n) is 6.50. The van der Waals surface area contributed by atoms with Gasteiger partial charge >= 0.3 is 5.97 Å². The van der Waals surface area contributed by atoms with Gasteiger partial charge in [0.1, 0.15) is 0 Å². The molecule has 1 rings (SSSR count). The van der Waals surface area contributed by atoms with Crippen LogP contribution in [0, 0.1) is 3.57 Å². The first-order valence-electron chi connectivity index (χ1n) is 3.37. The summed E-state index contributed by atoms with van der Waals surface area (Å²) in [4.78, 5) is 15.6. The second kappa shape index (κ2) is 4.42. The molecule has 0 aliphatic heterocycles. The van der Waals surface area contributed by atoms with E-state index >= 15 is 0 Å². The van der Waals surface area contributed by atoms with Gasteiger partial charge in [0.15, 0.2) is 0 Å². The monoisotopic (exact) mass is 277 g/mol. The van der Waals surface area contributed by atoms with Gasteiger partial charge in [-0.1, -0.05) is 0 Å². The van der Waals surface area contributed by atoms with Crippen molar-refractivity contribution in [3.8, 4) is 0 Å². The molecule has 0 aliphatic rings. The van der Waals surface area contributed by atoms with E-state index in [0.717, 1.165) is 3.57 Å². The molecule has 1 N–H and O–H groups in total. The number of nitrogens with one attached hydrogen (secondary N) is 1. The molecule has 1 aromatic rings. The van der Waals surface area contributed by atoms with Gasteiger partial charge in [0.2, 0.25) is 0 Å². The third-order valence-electron chi connectivity index (χ3n) is 1.27. The predicted octanol–water partition coefficient (Wildman–Crippen LogP) is 1.58. The van der Waals surface area contributed by atoms with Crippen LogP contribution in [0.3, 0.4) is 0 Å². The van der Waals surface area contributed by atoms with E-state index in [-0.39, 0.29) is 5.97 Å². The van der Waals surface area contributed by atoms with Crippen LogP contribution in [0.4, 0.5) is 0 Å². The normalized spacial score (nSPS) is 9.50. The summed E-state index contributed by atoms with van der Waals surface area (Å²) < 4.78 is 1.09. The smallest absolute Gasteiger partial charge is 0.356 e. The molecular formula is C8H8INO2. The molecule has 0 unspecified atom stereocenters. The number of halogens is 1. The highest BCUT2D eigenvalue weighted by Crippen LogP contribution is 2.07. The van der Waals surface area contributed by atoms with Crippen LogP contribution in [0.2, 0.25) is 0 Å². The summed E-state index contributed by atoms with van der Waals surface area (Å²) in [6.07, 6.45) is 0. The lowest BCUT2D eigenvalue weighted by atomic mass is 10.2. The third kappa shape index (κ3) is 2.46. The quantitative estimate of drug-likeness (QED) is 0.659. The van der Waals surface area contributed by atoms with Crippen LogP contribution in [0.5, 0.6) is 0 Å². The minimum absolute atomic E-state index is 0.367. The van der Waals surface area contributed by atoms with Gasteiger partial charge in [-0.25, -0.2) is 4.79 Å². The lowest BCUT2D eigenvalue weighted by Crippen LogP contribution is -2.14. The van der Waals surface area contributed by atoms with E-state index in [1.165, 1.54) is 0 Å². The van der Waals surface area contributed by atoms with Crippen molar-refractivity contribution in [3.05, 3.63) is 33.4 Å². The van der Waals surface area contributed by atoms with Crippen LogP contribution < -0.4 is 5.48 Å². The van der Waals surface area contributed by atoms with Crippen molar-refractivity contribution in [3.63, 3.8) is 0 Å². The first-order valence-corrected chi connectivity index (χ1v) is 4.45. The van der Waals surface area contributed by atoms with Crippen molar-refractivity contribution in [2.75, 3.05) is 7.05 Å². The van der Waals surface area contributed by atoms with Crippen molar-refractivity contribution in [2.45, 2.75) is 0 Å². The van der Waals surface area contributed by atoms with E-state index in [0.29, 0.717) is 5.56 Å². The Bertz CT molecular complexity index is 271. The maximum atomic E-state index is 11.1. The Hall–Kier alpha value is -0.620. The fourth-order valence-corrected chi connectivity index (χ4v) is 1.10. The topological polar surface area (TPSA) is 38.3 Å².